The average Bonchev–Trinajstić information content (AvgIpc) is 2.37. The van der Waals surface area contributed by atoms with Crippen LogP contribution < -0.4 is 10.6 Å². The highest BCUT2D eigenvalue weighted by Gasteiger charge is 2.08. The Balaban J connectivity index is 2.53. The van der Waals surface area contributed by atoms with Crippen LogP contribution in [0.2, 0.25) is 0 Å². The third kappa shape index (κ3) is 5.43. The van der Waals surface area contributed by atoms with E-state index in [1.165, 1.54) is 12.5 Å². The Morgan fingerprint density at radius 1 is 1.15 bits per heavy atom. The fraction of sp³-hybridized carbons (Fsp3) is 0.500. The lowest BCUT2D eigenvalue weighted by molar-refractivity contribution is -0.121. The molecule has 0 aromatic heterocycles. The van der Waals surface area contributed by atoms with E-state index in [9.17, 15) is 9.59 Å². The van der Waals surface area contributed by atoms with Crippen molar-refractivity contribution in [3.05, 3.63) is 34.9 Å². The minimum absolute atomic E-state index is 0.0145. The number of nitrogens with one attached hydrogen (secondary N) is 2. The Labute approximate surface area is 121 Å². The Kier molecular flexibility index (Phi) is 6.22. The normalized spacial score (nSPS) is 10.4. The molecule has 0 aliphatic rings. The predicted octanol–water partition coefficient (Wildman–Crippen LogP) is 1.91. The maximum atomic E-state index is 11.9. The topological polar surface area (TPSA) is 58.2 Å². The van der Waals surface area contributed by atoms with Crippen LogP contribution in [0.15, 0.2) is 18.2 Å². The first kappa shape index (κ1) is 16.2. The number of aryl methyl sites for hydroxylation is 1. The summed E-state index contributed by atoms with van der Waals surface area (Å²) in [6.07, 6.45) is 0.381. The van der Waals surface area contributed by atoms with E-state index < -0.39 is 0 Å². The molecule has 4 heteroatoms. The maximum Gasteiger partial charge on any atom is 0.224 e. The molecule has 0 unspecified atom stereocenters. The fourth-order valence-corrected chi connectivity index (χ4v) is 1.92. The Morgan fingerprint density at radius 2 is 1.80 bits per heavy atom. The van der Waals surface area contributed by atoms with Crippen molar-refractivity contribution in [3.8, 4) is 0 Å². The van der Waals surface area contributed by atoms with E-state index in [4.69, 9.17) is 0 Å². The monoisotopic (exact) mass is 276 g/mol. The summed E-state index contributed by atoms with van der Waals surface area (Å²) in [5.41, 5.74) is 3.44. The van der Waals surface area contributed by atoms with Crippen molar-refractivity contribution < 1.29 is 9.59 Å². The number of hydrogen-bond acceptors (Lipinski definition) is 2. The molecule has 0 saturated carbocycles. The van der Waals surface area contributed by atoms with Gasteiger partial charge >= 0.3 is 0 Å². The molecule has 0 atom stereocenters. The molecule has 2 N–H and O–H groups in total. The first-order valence-electron chi connectivity index (χ1n) is 7.00. The van der Waals surface area contributed by atoms with Gasteiger partial charge in [0.2, 0.25) is 11.8 Å². The molecule has 0 fully saturated rings. The molecule has 20 heavy (non-hydrogen) atoms. The molecular weight excluding hydrogens is 252 g/mol. The van der Waals surface area contributed by atoms with Crippen molar-refractivity contribution in [2.75, 3.05) is 13.1 Å². The number of rotatable bonds is 6. The van der Waals surface area contributed by atoms with Crippen molar-refractivity contribution in [2.24, 2.45) is 0 Å². The van der Waals surface area contributed by atoms with Gasteiger partial charge in [0.15, 0.2) is 0 Å². The molecule has 0 saturated heterocycles. The summed E-state index contributed by atoms with van der Waals surface area (Å²) in [5.74, 6) is 0.358. The Bertz CT molecular complexity index is 481. The van der Waals surface area contributed by atoms with Gasteiger partial charge in [0, 0.05) is 20.0 Å². The van der Waals surface area contributed by atoms with Gasteiger partial charge in [-0.1, -0.05) is 32.0 Å². The molecule has 0 aliphatic carbocycles. The highest BCUT2D eigenvalue weighted by atomic mass is 16.2. The molecule has 0 radical (unpaired) electrons. The minimum Gasteiger partial charge on any atom is -0.355 e. The number of carbonyl (C=O) groups excluding carboxylic acids is 2. The second kappa shape index (κ2) is 7.68. The van der Waals surface area contributed by atoms with Crippen molar-refractivity contribution in [2.45, 2.75) is 40.0 Å². The third-order valence-electron chi connectivity index (χ3n) is 3.21. The van der Waals surface area contributed by atoms with Crippen LogP contribution in [0.3, 0.4) is 0 Å². The minimum atomic E-state index is -0.0836. The van der Waals surface area contributed by atoms with E-state index in [0.29, 0.717) is 25.4 Å². The number of carbonyl (C=O) groups is 2. The summed E-state index contributed by atoms with van der Waals surface area (Å²) in [6.45, 7) is 8.68. The van der Waals surface area contributed by atoms with Crippen LogP contribution in [0, 0.1) is 6.92 Å². The molecule has 0 heterocycles. The quantitative estimate of drug-likeness (QED) is 0.780. The van der Waals surface area contributed by atoms with Gasteiger partial charge in [-0.15, -0.1) is 0 Å². The fourth-order valence-electron chi connectivity index (χ4n) is 1.92. The second-order valence-corrected chi connectivity index (χ2v) is 5.35. The maximum absolute atomic E-state index is 11.9. The van der Waals surface area contributed by atoms with E-state index >= 15 is 0 Å². The highest BCUT2D eigenvalue weighted by Crippen LogP contribution is 2.18. The van der Waals surface area contributed by atoms with E-state index in [1.807, 2.05) is 6.92 Å². The lowest BCUT2D eigenvalue weighted by Crippen LogP contribution is -2.34. The summed E-state index contributed by atoms with van der Waals surface area (Å²) in [7, 11) is 0. The van der Waals surface area contributed by atoms with Crippen LogP contribution >= 0.6 is 0 Å². The summed E-state index contributed by atoms with van der Waals surface area (Å²) in [4.78, 5) is 22.6. The van der Waals surface area contributed by atoms with Gasteiger partial charge in [-0.05, 0) is 29.5 Å². The number of amides is 2. The summed E-state index contributed by atoms with van der Waals surface area (Å²) in [6, 6.07) is 6.28. The zero-order chi connectivity index (χ0) is 15.1. The first-order valence-corrected chi connectivity index (χ1v) is 7.00. The molecule has 0 spiro atoms. The largest absolute Gasteiger partial charge is 0.355 e. The average molecular weight is 276 g/mol. The second-order valence-electron chi connectivity index (χ2n) is 5.35. The van der Waals surface area contributed by atoms with Gasteiger partial charge < -0.3 is 10.6 Å². The van der Waals surface area contributed by atoms with Crippen LogP contribution in [0.25, 0.3) is 0 Å². The molecule has 1 rings (SSSR count). The van der Waals surface area contributed by atoms with Gasteiger partial charge in [0.25, 0.3) is 0 Å². The zero-order valence-corrected chi connectivity index (χ0v) is 12.7. The van der Waals surface area contributed by atoms with E-state index in [1.54, 1.807) is 0 Å². The zero-order valence-electron chi connectivity index (χ0n) is 12.7. The van der Waals surface area contributed by atoms with Crippen LogP contribution in [-0.4, -0.2) is 24.9 Å². The Morgan fingerprint density at radius 3 is 2.40 bits per heavy atom. The SMILES string of the molecule is CC(=O)NCCNC(=O)Cc1cc(C(C)C)ccc1C. The smallest absolute Gasteiger partial charge is 0.224 e. The summed E-state index contributed by atoms with van der Waals surface area (Å²) in [5, 5.41) is 5.46. The van der Waals surface area contributed by atoms with Gasteiger partial charge in [0.1, 0.15) is 0 Å². The van der Waals surface area contributed by atoms with Gasteiger partial charge in [-0.25, -0.2) is 0 Å². The first-order chi connectivity index (χ1) is 9.40. The van der Waals surface area contributed by atoms with Gasteiger partial charge in [0.05, 0.1) is 6.42 Å². The van der Waals surface area contributed by atoms with E-state index in [-0.39, 0.29) is 11.8 Å². The van der Waals surface area contributed by atoms with Crippen LogP contribution in [0.4, 0.5) is 0 Å². The van der Waals surface area contributed by atoms with Crippen LogP contribution in [0.1, 0.15) is 43.4 Å². The summed E-state index contributed by atoms with van der Waals surface area (Å²) >= 11 is 0. The number of hydrogen-bond donors (Lipinski definition) is 2. The van der Waals surface area contributed by atoms with Crippen LogP contribution in [0.5, 0.6) is 0 Å². The molecule has 110 valence electrons. The van der Waals surface area contributed by atoms with Crippen molar-refractivity contribution >= 4 is 11.8 Å². The molecule has 4 nitrogen and oxygen atoms in total. The standard InChI is InChI=1S/C16H24N2O2/c1-11(2)14-6-5-12(3)15(9-14)10-16(20)18-8-7-17-13(4)19/h5-6,9,11H,7-8,10H2,1-4H3,(H,17,19)(H,18,20). The van der Waals surface area contributed by atoms with E-state index in [0.717, 1.165) is 11.1 Å². The summed E-state index contributed by atoms with van der Waals surface area (Å²) < 4.78 is 0. The lowest BCUT2D eigenvalue weighted by atomic mass is 9.96. The van der Waals surface area contributed by atoms with Gasteiger partial charge in [-0.2, -0.15) is 0 Å². The predicted molar refractivity (Wildman–Crippen MR) is 80.7 cm³/mol. The van der Waals surface area contributed by atoms with E-state index in [2.05, 4.69) is 42.7 Å². The molecule has 0 bridgehead atoms. The van der Waals surface area contributed by atoms with Crippen molar-refractivity contribution in [3.63, 3.8) is 0 Å². The van der Waals surface area contributed by atoms with Gasteiger partial charge in [-0.3, -0.25) is 9.59 Å². The highest BCUT2D eigenvalue weighted by molar-refractivity contribution is 5.79. The molecule has 0 aliphatic heterocycles. The molecular formula is C16H24N2O2. The molecule has 2 amide bonds. The van der Waals surface area contributed by atoms with Crippen molar-refractivity contribution in [1.29, 1.82) is 0 Å². The van der Waals surface area contributed by atoms with Crippen molar-refractivity contribution in [1.82, 2.24) is 10.6 Å². The molecule has 1 aromatic rings. The number of benzene rings is 1. The molecule has 1 aromatic carbocycles. The lowest BCUT2D eigenvalue weighted by Gasteiger charge is -2.11. The third-order valence-corrected chi connectivity index (χ3v) is 3.21. The Hall–Kier alpha value is -1.84. The van der Waals surface area contributed by atoms with Crippen LogP contribution in [-0.2, 0) is 16.0 Å².